The van der Waals surface area contributed by atoms with Crippen LogP contribution in [0.25, 0.3) is 0 Å². The Hall–Kier alpha value is -4.51. The standard InChI is InChI=1S/C25H20N4O4/c26-17-21-22(19-9-11-20(12-10-19)29(32)33)23(27-14-5-2-6-15-27)25(31)28(24(21)30)16-13-18-7-3-1-4-8-18/h1-12,14-15,22-23H,13,16H2/p+1/t22-,23-/m1/s1. The molecule has 2 heterocycles. The number of hydrogen-bond acceptors (Lipinski definition) is 5. The van der Waals surface area contributed by atoms with Crippen molar-refractivity contribution in [1.29, 1.82) is 5.26 Å². The van der Waals surface area contributed by atoms with Crippen LogP contribution < -0.4 is 4.57 Å². The molecule has 0 saturated carbocycles. The van der Waals surface area contributed by atoms with E-state index in [-0.39, 0.29) is 29.6 Å². The van der Waals surface area contributed by atoms with Crippen LogP contribution in [0.5, 0.6) is 0 Å². The highest BCUT2D eigenvalue weighted by Gasteiger charge is 2.49. The average Bonchev–Trinajstić information content (AvgIpc) is 2.85. The van der Waals surface area contributed by atoms with Gasteiger partial charge in [0.05, 0.1) is 10.8 Å². The highest BCUT2D eigenvalue weighted by atomic mass is 16.6. The van der Waals surface area contributed by atoms with E-state index >= 15 is 0 Å². The summed E-state index contributed by atoms with van der Waals surface area (Å²) < 4.78 is 1.70. The summed E-state index contributed by atoms with van der Waals surface area (Å²) in [4.78, 5) is 25.5. The number of hydrogen-bond donors (Lipinski definition) is 1. The highest BCUT2D eigenvalue weighted by molar-refractivity contribution is 5.84. The molecule has 8 nitrogen and oxygen atoms in total. The van der Waals surface area contributed by atoms with Crippen LogP contribution in [-0.4, -0.2) is 27.4 Å². The van der Waals surface area contributed by atoms with Gasteiger partial charge < -0.3 is 5.11 Å². The summed E-state index contributed by atoms with van der Waals surface area (Å²) in [6, 6.07) is 21.9. The third kappa shape index (κ3) is 4.29. The van der Waals surface area contributed by atoms with Crippen molar-refractivity contribution in [3.05, 3.63) is 118 Å². The molecule has 0 radical (unpaired) electrons. The Morgan fingerprint density at radius 3 is 2.27 bits per heavy atom. The van der Waals surface area contributed by atoms with Crippen LogP contribution in [0.2, 0.25) is 0 Å². The number of nitriles is 1. The lowest BCUT2D eigenvalue weighted by molar-refractivity contribution is -0.712. The summed E-state index contributed by atoms with van der Waals surface area (Å²) in [6.45, 7) is 0.205. The Bertz CT molecular complexity index is 1230. The zero-order valence-corrected chi connectivity index (χ0v) is 17.6. The number of nitrogens with zero attached hydrogens (tertiary/aromatic N) is 4. The molecule has 0 aliphatic carbocycles. The maximum Gasteiger partial charge on any atom is 0.299 e. The van der Waals surface area contributed by atoms with E-state index in [1.807, 2.05) is 36.4 Å². The Morgan fingerprint density at radius 2 is 1.67 bits per heavy atom. The van der Waals surface area contributed by atoms with Gasteiger partial charge in [0, 0.05) is 30.8 Å². The van der Waals surface area contributed by atoms with Gasteiger partial charge in [0.15, 0.2) is 12.4 Å². The second-order valence-corrected chi connectivity index (χ2v) is 7.67. The minimum Gasteiger partial charge on any atom is -0.494 e. The summed E-state index contributed by atoms with van der Waals surface area (Å²) in [5.74, 6) is -1.54. The zero-order valence-electron chi connectivity index (χ0n) is 17.6. The lowest BCUT2D eigenvalue weighted by Crippen LogP contribution is -2.55. The molecule has 1 aromatic heterocycles. The fourth-order valence-electron chi connectivity index (χ4n) is 4.12. The van der Waals surface area contributed by atoms with E-state index in [1.54, 1.807) is 29.1 Å². The highest BCUT2D eigenvalue weighted by Crippen LogP contribution is 2.40. The molecule has 0 fully saturated rings. The normalized spacial score (nSPS) is 18.2. The Balaban J connectivity index is 1.79. The van der Waals surface area contributed by atoms with Gasteiger partial charge in [-0.1, -0.05) is 48.5 Å². The molecule has 1 N–H and O–H groups in total. The van der Waals surface area contributed by atoms with Gasteiger partial charge in [-0.05, 0) is 17.5 Å². The van der Waals surface area contributed by atoms with Gasteiger partial charge in [0.25, 0.3) is 11.6 Å². The minimum absolute atomic E-state index is 0.0397. The van der Waals surface area contributed by atoms with E-state index < -0.39 is 16.9 Å². The van der Waals surface area contributed by atoms with Gasteiger partial charge in [-0.25, -0.2) is 0 Å². The van der Waals surface area contributed by atoms with E-state index in [9.17, 15) is 25.3 Å². The molecule has 4 rings (SSSR count). The smallest absolute Gasteiger partial charge is 0.299 e. The van der Waals surface area contributed by atoms with Crippen molar-refractivity contribution in [2.75, 3.05) is 6.54 Å². The van der Waals surface area contributed by atoms with Crippen LogP contribution in [0.3, 0.4) is 0 Å². The lowest BCUT2D eigenvalue weighted by atomic mass is 9.81. The second kappa shape index (κ2) is 9.32. The van der Waals surface area contributed by atoms with E-state index in [4.69, 9.17) is 0 Å². The van der Waals surface area contributed by atoms with Crippen LogP contribution in [-0.2, 0) is 11.2 Å². The van der Waals surface area contributed by atoms with Crippen molar-refractivity contribution < 1.29 is 19.4 Å². The largest absolute Gasteiger partial charge is 0.494 e. The van der Waals surface area contributed by atoms with Crippen molar-refractivity contribution in [2.45, 2.75) is 18.4 Å². The Kier molecular flexibility index (Phi) is 6.13. The quantitative estimate of drug-likeness (QED) is 0.357. The number of aliphatic hydroxyl groups is 1. The Labute approximate surface area is 190 Å². The third-order valence-electron chi connectivity index (χ3n) is 5.75. The summed E-state index contributed by atoms with van der Waals surface area (Å²) in [7, 11) is 0. The number of allylic oxidation sites excluding steroid dienone is 1. The number of amides is 1. The number of pyridine rings is 1. The van der Waals surface area contributed by atoms with E-state index in [0.29, 0.717) is 12.0 Å². The molecule has 0 unspecified atom stereocenters. The number of non-ortho nitro benzene ring substituents is 1. The van der Waals surface area contributed by atoms with E-state index in [2.05, 4.69) is 6.07 Å². The minimum atomic E-state index is -0.839. The first-order chi connectivity index (χ1) is 16.0. The van der Waals surface area contributed by atoms with Gasteiger partial charge in [-0.15, -0.1) is 0 Å². The van der Waals surface area contributed by atoms with Crippen molar-refractivity contribution >= 4 is 11.6 Å². The number of nitro groups is 1. The SMILES string of the molecule is N#CC1=C(O)N(CCc2ccccc2)C(=O)[C@H]([n+]2ccccc2)[C@@H]1c1ccc([N+](=O)[O-])cc1. The van der Waals surface area contributed by atoms with Crippen molar-refractivity contribution in [3.8, 4) is 6.07 Å². The first kappa shape index (κ1) is 21.7. The van der Waals surface area contributed by atoms with Gasteiger partial charge in [0.1, 0.15) is 11.6 Å². The monoisotopic (exact) mass is 441 g/mol. The van der Waals surface area contributed by atoms with Gasteiger partial charge in [0.2, 0.25) is 11.9 Å². The number of rotatable bonds is 6. The van der Waals surface area contributed by atoms with Crippen molar-refractivity contribution in [3.63, 3.8) is 0 Å². The summed E-state index contributed by atoms with van der Waals surface area (Å²) in [6.07, 6.45) is 3.96. The Morgan fingerprint density at radius 1 is 1.03 bits per heavy atom. The fraction of sp³-hybridized carbons (Fsp3) is 0.160. The molecule has 0 bridgehead atoms. The van der Waals surface area contributed by atoms with Crippen LogP contribution >= 0.6 is 0 Å². The molecule has 3 aromatic rings. The second-order valence-electron chi connectivity index (χ2n) is 7.67. The summed E-state index contributed by atoms with van der Waals surface area (Å²) >= 11 is 0. The van der Waals surface area contributed by atoms with Gasteiger partial charge >= 0.3 is 0 Å². The first-order valence-corrected chi connectivity index (χ1v) is 10.4. The number of aliphatic hydroxyl groups excluding tert-OH is 1. The number of carbonyl (C=O) groups excluding carboxylic acids is 1. The third-order valence-corrected chi connectivity index (χ3v) is 5.75. The maximum absolute atomic E-state index is 13.7. The van der Waals surface area contributed by atoms with Crippen LogP contribution in [0.15, 0.2) is 96.6 Å². The number of carbonyl (C=O) groups is 1. The summed E-state index contributed by atoms with van der Waals surface area (Å²) in [5.41, 5.74) is 1.47. The first-order valence-electron chi connectivity index (χ1n) is 10.4. The molecule has 0 saturated heterocycles. The molecule has 1 amide bonds. The molecular formula is C25H21N4O4+. The van der Waals surface area contributed by atoms with Crippen LogP contribution in [0.1, 0.15) is 23.1 Å². The molecule has 0 spiro atoms. The van der Waals surface area contributed by atoms with Crippen molar-refractivity contribution in [2.24, 2.45) is 0 Å². The molecule has 2 aromatic carbocycles. The predicted octanol–water partition coefficient (Wildman–Crippen LogP) is 3.59. The maximum atomic E-state index is 13.7. The molecule has 1 aliphatic rings. The molecule has 2 atom stereocenters. The molecule has 33 heavy (non-hydrogen) atoms. The average molecular weight is 441 g/mol. The lowest BCUT2D eigenvalue weighted by Gasteiger charge is -2.34. The van der Waals surface area contributed by atoms with Crippen LogP contribution in [0, 0.1) is 21.4 Å². The van der Waals surface area contributed by atoms with Crippen molar-refractivity contribution in [1.82, 2.24) is 4.90 Å². The molecule has 1 aliphatic heterocycles. The number of nitro benzene ring substituents is 1. The van der Waals surface area contributed by atoms with E-state index in [0.717, 1.165) is 5.56 Å². The molecular weight excluding hydrogens is 420 g/mol. The van der Waals surface area contributed by atoms with Gasteiger partial charge in [-0.2, -0.15) is 9.83 Å². The zero-order chi connectivity index (χ0) is 23.4. The van der Waals surface area contributed by atoms with Gasteiger partial charge in [-0.3, -0.25) is 19.8 Å². The molecule has 164 valence electrons. The topological polar surface area (TPSA) is 111 Å². The van der Waals surface area contributed by atoms with Crippen LogP contribution in [0.4, 0.5) is 5.69 Å². The fourth-order valence-corrected chi connectivity index (χ4v) is 4.12. The summed E-state index contributed by atoms with van der Waals surface area (Å²) in [5, 5.41) is 32.0. The predicted molar refractivity (Wildman–Crippen MR) is 119 cm³/mol. The molecule has 8 heteroatoms. The number of aromatic nitrogens is 1. The van der Waals surface area contributed by atoms with E-state index in [1.165, 1.54) is 29.2 Å². The number of benzene rings is 2.